The Hall–Kier alpha value is -1.66. The molecule has 0 saturated heterocycles. The van der Waals surface area contributed by atoms with Gasteiger partial charge in [-0.15, -0.1) is 0 Å². The van der Waals surface area contributed by atoms with Gasteiger partial charge in [-0.2, -0.15) is 0 Å². The van der Waals surface area contributed by atoms with Crippen molar-refractivity contribution >= 4 is 23.5 Å². The number of hydrogen-bond donors (Lipinski definition) is 2. The van der Waals surface area contributed by atoms with Gasteiger partial charge in [0.15, 0.2) is 6.10 Å². The van der Waals surface area contributed by atoms with Crippen molar-refractivity contribution in [1.29, 1.82) is 0 Å². The maximum absolute atomic E-state index is 11.6. The molecule has 92 valence electrons. The molecule has 0 aliphatic rings. The van der Waals surface area contributed by atoms with E-state index in [0.717, 1.165) is 0 Å². The molecule has 0 bridgehead atoms. The standard InChI is InChI=1S/C10H11ClN2O4/c1-17-8(10(15)16)5-13-9(14)7-4-6(11)2-3-12-7/h2-4,8H,5H2,1H3,(H,13,14)(H,15,16). The number of halogens is 1. The lowest BCUT2D eigenvalue weighted by atomic mass is 10.3. The number of methoxy groups -OCH3 is 1. The normalized spacial score (nSPS) is 11.9. The first-order valence-electron chi connectivity index (χ1n) is 4.70. The summed E-state index contributed by atoms with van der Waals surface area (Å²) in [6, 6.07) is 2.92. The Balaban J connectivity index is 2.58. The third-order valence-electron chi connectivity index (χ3n) is 1.96. The molecule has 0 spiro atoms. The van der Waals surface area contributed by atoms with Crippen molar-refractivity contribution in [2.75, 3.05) is 13.7 Å². The van der Waals surface area contributed by atoms with E-state index in [2.05, 4.69) is 15.0 Å². The summed E-state index contributed by atoms with van der Waals surface area (Å²) in [5, 5.41) is 11.5. The molecule has 1 aromatic rings. The van der Waals surface area contributed by atoms with Gasteiger partial charge < -0.3 is 15.2 Å². The number of rotatable bonds is 5. The second-order valence-corrected chi connectivity index (χ2v) is 3.57. The highest BCUT2D eigenvalue weighted by molar-refractivity contribution is 6.30. The molecule has 0 saturated carbocycles. The van der Waals surface area contributed by atoms with E-state index >= 15 is 0 Å². The predicted octanol–water partition coefficient (Wildman–Crippen LogP) is 0.564. The van der Waals surface area contributed by atoms with Gasteiger partial charge in [-0.05, 0) is 12.1 Å². The van der Waals surface area contributed by atoms with Crippen molar-refractivity contribution in [3.05, 3.63) is 29.0 Å². The molecule has 1 rings (SSSR count). The lowest BCUT2D eigenvalue weighted by Crippen LogP contribution is -2.38. The van der Waals surface area contributed by atoms with Crippen LogP contribution in [0.1, 0.15) is 10.5 Å². The average Bonchev–Trinajstić information content (AvgIpc) is 2.29. The maximum atomic E-state index is 11.6. The van der Waals surface area contributed by atoms with E-state index in [0.29, 0.717) is 5.02 Å². The Morgan fingerprint density at radius 2 is 2.35 bits per heavy atom. The minimum Gasteiger partial charge on any atom is -0.479 e. The highest BCUT2D eigenvalue weighted by Crippen LogP contribution is 2.07. The van der Waals surface area contributed by atoms with Crippen molar-refractivity contribution in [2.45, 2.75) is 6.10 Å². The molecule has 0 fully saturated rings. The van der Waals surface area contributed by atoms with Gasteiger partial charge in [-0.3, -0.25) is 9.78 Å². The molecule has 0 aliphatic heterocycles. The van der Waals surface area contributed by atoms with Crippen LogP contribution in [0.25, 0.3) is 0 Å². The molecule has 0 aliphatic carbocycles. The van der Waals surface area contributed by atoms with Crippen LogP contribution >= 0.6 is 11.6 Å². The van der Waals surface area contributed by atoms with E-state index in [1.54, 1.807) is 0 Å². The molecule has 17 heavy (non-hydrogen) atoms. The summed E-state index contributed by atoms with van der Waals surface area (Å²) in [4.78, 5) is 26.0. The number of amides is 1. The van der Waals surface area contributed by atoms with Gasteiger partial charge in [0.1, 0.15) is 5.69 Å². The van der Waals surface area contributed by atoms with Crippen molar-refractivity contribution < 1.29 is 19.4 Å². The van der Waals surface area contributed by atoms with E-state index in [4.69, 9.17) is 16.7 Å². The van der Waals surface area contributed by atoms with Crippen molar-refractivity contribution in [2.24, 2.45) is 0 Å². The molecular formula is C10H11ClN2O4. The molecule has 1 heterocycles. The third-order valence-corrected chi connectivity index (χ3v) is 2.20. The average molecular weight is 259 g/mol. The first-order valence-corrected chi connectivity index (χ1v) is 5.07. The van der Waals surface area contributed by atoms with Gasteiger partial charge in [-0.25, -0.2) is 4.79 Å². The molecule has 0 aromatic carbocycles. The Labute approximate surface area is 103 Å². The highest BCUT2D eigenvalue weighted by atomic mass is 35.5. The van der Waals surface area contributed by atoms with Gasteiger partial charge in [0.2, 0.25) is 0 Å². The second kappa shape index (κ2) is 6.17. The van der Waals surface area contributed by atoms with Crippen molar-refractivity contribution in [3.8, 4) is 0 Å². The van der Waals surface area contributed by atoms with E-state index in [9.17, 15) is 9.59 Å². The summed E-state index contributed by atoms with van der Waals surface area (Å²) in [6.07, 6.45) is 0.306. The molecule has 2 N–H and O–H groups in total. The number of carbonyl (C=O) groups is 2. The second-order valence-electron chi connectivity index (χ2n) is 3.13. The van der Waals surface area contributed by atoms with Crippen LogP contribution in [0.15, 0.2) is 18.3 Å². The van der Waals surface area contributed by atoms with E-state index in [1.807, 2.05) is 0 Å². The summed E-state index contributed by atoms with van der Waals surface area (Å²) in [5.74, 6) is -1.65. The van der Waals surface area contributed by atoms with Gasteiger partial charge in [-0.1, -0.05) is 11.6 Å². The third kappa shape index (κ3) is 4.01. The number of hydrogen-bond acceptors (Lipinski definition) is 4. The van der Waals surface area contributed by atoms with Gasteiger partial charge in [0.25, 0.3) is 5.91 Å². The summed E-state index contributed by atoms with van der Waals surface area (Å²) in [7, 11) is 1.25. The van der Waals surface area contributed by atoms with Crippen LogP contribution in [0.4, 0.5) is 0 Å². The lowest BCUT2D eigenvalue weighted by Gasteiger charge is -2.11. The number of aliphatic carboxylic acids is 1. The van der Waals surface area contributed by atoms with E-state index in [1.165, 1.54) is 25.4 Å². The van der Waals surface area contributed by atoms with Crippen LogP contribution in [0, 0.1) is 0 Å². The fourth-order valence-corrected chi connectivity index (χ4v) is 1.24. The zero-order chi connectivity index (χ0) is 12.8. The fourth-order valence-electron chi connectivity index (χ4n) is 1.08. The number of carboxylic acid groups (broad SMARTS) is 1. The zero-order valence-electron chi connectivity index (χ0n) is 9.01. The zero-order valence-corrected chi connectivity index (χ0v) is 9.77. The first-order chi connectivity index (χ1) is 8.04. The quantitative estimate of drug-likeness (QED) is 0.806. The summed E-state index contributed by atoms with van der Waals surface area (Å²) < 4.78 is 4.66. The number of ether oxygens (including phenoxy) is 1. The molecule has 1 aromatic heterocycles. The fraction of sp³-hybridized carbons (Fsp3) is 0.300. The van der Waals surface area contributed by atoms with E-state index < -0.39 is 18.0 Å². The number of carbonyl (C=O) groups excluding carboxylic acids is 1. The molecule has 1 unspecified atom stereocenters. The topological polar surface area (TPSA) is 88.5 Å². The van der Waals surface area contributed by atoms with Crippen molar-refractivity contribution in [1.82, 2.24) is 10.3 Å². The molecule has 1 atom stereocenters. The molecule has 6 nitrogen and oxygen atoms in total. The number of aromatic nitrogens is 1. The Morgan fingerprint density at radius 3 is 2.88 bits per heavy atom. The lowest BCUT2D eigenvalue weighted by molar-refractivity contribution is -0.148. The van der Waals surface area contributed by atoms with Crippen LogP contribution < -0.4 is 5.32 Å². The molecular weight excluding hydrogens is 248 g/mol. The number of nitrogens with zero attached hydrogens (tertiary/aromatic N) is 1. The van der Waals surface area contributed by atoms with E-state index in [-0.39, 0.29) is 12.2 Å². The largest absolute Gasteiger partial charge is 0.479 e. The van der Waals surface area contributed by atoms with Gasteiger partial charge in [0, 0.05) is 18.3 Å². The SMILES string of the molecule is COC(CNC(=O)c1cc(Cl)ccn1)C(=O)O. The van der Waals surface area contributed by atoms with Crippen molar-refractivity contribution in [3.63, 3.8) is 0 Å². The predicted molar refractivity (Wildman–Crippen MR) is 60.0 cm³/mol. The summed E-state index contributed by atoms with van der Waals surface area (Å²) in [6.45, 7) is -0.140. The maximum Gasteiger partial charge on any atom is 0.334 e. The number of nitrogens with one attached hydrogen (secondary N) is 1. The van der Waals surface area contributed by atoms with Crippen LogP contribution in [0.3, 0.4) is 0 Å². The first kappa shape index (κ1) is 13.4. The summed E-state index contributed by atoms with van der Waals surface area (Å²) in [5.41, 5.74) is 0.123. The summed E-state index contributed by atoms with van der Waals surface area (Å²) >= 11 is 5.69. The Morgan fingerprint density at radius 1 is 1.65 bits per heavy atom. The van der Waals surface area contributed by atoms with Gasteiger partial charge in [0.05, 0.1) is 6.54 Å². The Kier molecular flexibility index (Phi) is 4.86. The van der Waals surface area contributed by atoms with Gasteiger partial charge >= 0.3 is 5.97 Å². The van der Waals surface area contributed by atoms with Crippen LogP contribution in [0.5, 0.6) is 0 Å². The smallest absolute Gasteiger partial charge is 0.334 e. The molecule has 0 radical (unpaired) electrons. The van der Waals surface area contributed by atoms with Crippen LogP contribution in [0.2, 0.25) is 5.02 Å². The monoisotopic (exact) mass is 258 g/mol. The Bertz CT molecular complexity index is 425. The molecule has 1 amide bonds. The van der Waals surface area contributed by atoms with Crippen LogP contribution in [-0.4, -0.2) is 41.7 Å². The highest BCUT2D eigenvalue weighted by Gasteiger charge is 2.18. The number of carboxylic acids is 1. The molecule has 7 heteroatoms. The van der Waals surface area contributed by atoms with Crippen LogP contribution in [-0.2, 0) is 9.53 Å². The minimum atomic E-state index is -1.15. The number of pyridine rings is 1. The minimum absolute atomic E-state index is 0.123.